The van der Waals surface area contributed by atoms with Gasteiger partial charge in [0.1, 0.15) is 5.82 Å². The first kappa shape index (κ1) is 15.3. The molecule has 20 heavy (non-hydrogen) atoms. The minimum Gasteiger partial charge on any atom is -0.378 e. The van der Waals surface area contributed by atoms with Gasteiger partial charge in [0.15, 0.2) is 0 Å². The molecule has 2 unspecified atom stereocenters. The summed E-state index contributed by atoms with van der Waals surface area (Å²) in [5, 5.41) is 3.58. The minimum absolute atomic E-state index is 0.0263. The van der Waals surface area contributed by atoms with Gasteiger partial charge >= 0.3 is 0 Å². The summed E-state index contributed by atoms with van der Waals surface area (Å²) in [5.41, 5.74) is 7.02. The molecule has 1 aliphatic carbocycles. The van der Waals surface area contributed by atoms with Crippen LogP contribution in [-0.4, -0.2) is 12.1 Å². The van der Waals surface area contributed by atoms with Crippen molar-refractivity contribution < 1.29 is 4.39 Å². The van der Waals surface area contributed by atoms with Crippen LogP contribution in [-0.2, 0) is 0 Å². The lowest BCUT2D eigenvalue weighted by molar-refractivity contribution is 0.332. The van der Waals surface area contributed by atoms with Crippen LogP contribution in [0.2, 0.25) is 0 Å². The van der Waals surface area contributed by atoms with Crippen molar-refractivity contribution in [2.24, 2.45) is 17.6 Å². The Morgan fingerprint density at radius 2 is 1.95 bits per heavy atom. The molecule has 1 aromatic carbocycles. The van der Waals surface area contributed by atoms with Crippen LogP contribution in [0.15, 0.2) is 24.3 Å². The molecule has 0 spiro atoms. The van der Waals surface area contributed by atoms with Crippen molar-refractivity contribution >= 4 is 5.69 Å². The molecule has 0 bridgehead atoms. The van der Waals surface area contributed by atoms with Gasteiger partial charge in [0.25, 0.3) is 0 Å². The molecule has 3 N–H and O–H groups in total. The van der Waals surface area contributed by atoms with Gasteiger partial charge < -0.3 is 11.1 Å². The molecule has 0 saturated heterocycles. The summed E-state index contributed by atoms with van der Waals surface area (Å²) < 4.78 is 13.0. The van der Waals surface area contributed by atoms with E-state index in [1.54, 1.807) is 12.1 Å². The maximum atomic E-state index is 13.0. The third-order valence-electron chi connectivity index (χ3n) is 4.81. The van der Waals surface area contributed by atoms with E-state index in [0.717, 1.165) is 30.4 Å². The normalized spacial score (nSPS) is 27.4. The molecule has 112 valence electrons. The zero-order chi connectivity index (χ0) is 14.6. The van der Waals surface area contributed by atoms with Crippen LogP contribution in [0.4, 0.5) is 10.1 Å². The quantitative estimate of drug-likeness (QED) is 0.811. The summed E-state index contributed by atoms with van der Waals surface area (Å²) in [4.78, 5) is 0. The average Bonchev–Trinajstić information content (AvgIpc) is 2.65. The molecule has 0 aliphatic heterocycles. The highest BCUT2D eigenvalue weighted by Crippen LogP contribution is 2.35. The van der Waals surface area contributed by atoms with Crippen molar-refractivity contribution in [2.45, 2.75) is 51.5 Å². The van der Waals surface area contributed by atoms with Crippen molar-refractivity contribution in [2.75, 3.05) is 11.9 Å². The number of hydrogen-bond donors (Lipinski definition) is 2. The van der Waals surface area contributed by atoms with Gasteiger partial charge in [0, 0.05) is 17.8 Å². The second kappa shape index (κ2) is 6.57. The summed E-state index contributed by atoms with van der Waals surface area (Å²) in [6.07, 6.45) is 5.94. The van der Waals surface area contributed by atoms with Crippen molar-refractivity contribution in [3.8, 4) is 0 Å². The van der Waals surface area contributed by atoms with E-state index < -0.39 is 0 Å². The van der Waals surface area contributed by atoms with Crippen molar-refractivity contribution in [3.63, 3.8) is 0 Å². The summed E-state index contributed by atoms with van der Waals surface area (Å²) in [7, 11) is 0. The molecule has 0 aromatic heterocycles. The Labute approximate surface area is 121 Å². The van der Waals surface area contributed by atoms with Crippen LogP contribution in [0, 0.1) is 17.7 Å². The molecule has 1 saturated carbocycles. The number of halogens is 1. The van der Waals surface area contributed by atoms with Crippen LogP contribution >= 0.6 is 0 Å². The van der Waals surface area contributed by atoms with Crippen LogP contribution in [0.25, 0.3) is 0 Å². The van der Waals surface area contributed by atoms with E-state index >= 15 is 0 Å². The molecule has 0 radical (unpaired) electrons. The smallest absolute Gasteiger partial charge is 0.123 e. The van der Waals surface area contributed by atoms with Gasteiger partial charge in [-0.1, -0.05) is 26.7 Å². The summed E-state index contributed by atoms with van der Waals surface area (Å²) >= 11 is 0. The largest absolute Gasteiger partial charge is 0.378 e. The van der Waals surface area contributed by atoms with E-state index in [0.29, 0.717) is 6.54 Å². The Bertz CT molecular complexity index is 416. The molecular weight excluding hydrogens is 251 g/mol. The predicted molar refractivity (Wildman–Crippen MR) is 83.2 cm³/mol. The van der Waals surface area contributed by atoms with Crippen LogP contribution in [0.3, 0.4) is 0 Å². The molecule has 2 nitrogen and oxygen atoms in total. The van der Waals surface area contributed by atoms with Crippen LogP contribution in [0.5, 0.6) is 0 Å². The fourth-order valence-corrected chi connectivity index (χ4v) is 3.32. The average molecular weight is 278 g/mol. The van der Waals surface area contributed by atoms with E-state index in [1.807, 2.05) is 0 Å². The molecule has 1 fully saturated rings. The van der Waals surface area contributed by atoms with Gasteiger partial charge in [-0.15, -0.1) is 0 Å². The number of benzene rings is 1. The fraction of sp³-hybridized carbons (Fsp3) is 0.647. The first-order valence-electron chi connectivity index (χ1n) is 7.78. The zero-order valence-electron chi connectivity index (χ0n) is 12.7. The lowest BCUT2D eigenvalue weighted by Gasteiger charge is -2.34. The van der Waals surface area contributed by atoms with Crippen LogP contribution in [0.1, 0.15) is 46.0 Å². The Kier molecular flexibility index (Phi) is 5.03. The third-order valence-corrected chi connectivity index (χ3v) is 4.81. The van der Waals surface area contributed by atoms with Crippen molar-refractivity contribution in [1.82, 2.24) is 0 Å². The van der Waals surface area contributed by atoms with E-state index in [2.05, 4.69) is 19.2 Å². The topological polar surface area (TPSA) is 38.0 Å². The van der Waals surface area contributed by atoms with E-state index in [-0.39, 0.29) is 11.4 Å². The van der Waals surface area contributed by atoms with E-state index in [9.17, 15) is 4.39 Å². The SMILES string of the molecule is CC(C)C1CCCC(CN)(Nc2ccc(F)cc2)CC1. The second-order valence-electron chi connectivity index (χ2n) is 6.55. The van der Waals surface area contributed by atoms with E-state index in [4.69, 9.17) is 5.73 Å². The van der Waals surface area contributed by atoms with Gasteiger partial charge in [-0.05, 0) is 55.4 Å². The summed E-state index contributed by atoms with van der Waals surface area (Å²) in [6.45, 7) is 5.26. The Hall–Kier alpha value is -1.09. The minimum atomic E-state index is -0.196. The molecule has 0 amide bonds. The standard InChI is InChI=1S/C17H27FN2/c1-13(2)14-4-3-10-17(12-19,11-9-14)20-16-7-5-15(18)6-8-16/h5-8,13-14,20H,3-4,9-12,19H2,1-2H3. The van der Waals surface area contributed by atoms with Gasteiger partial charge in [0.05, 0.1) is 0 Å². The monoisotopic (exact) mass is 278 g/mol. The number of hydrogen-bond acceptors (Lipinski definition) is 2. The second-order valence-corrected chi connectivity index (χ2v) is 6.55. The van der Waals surface area contributed by atoms with E-state index in [1.165, 1.54) is 31.4 Å². The number of rotatable bonds is 4. The van der Waals surface area contributed by atoms with Crippen LogP contribution < -0.4 is 11.1 Å². The molecule has 1 aromatic rings. The maximum absolute atomic E-state index is 13.0. The van der Waals surface area contributed by atoms with Crippen molar-refractivity contribution in [1.29, 1.82) is 0 Å². The lowest BCUT2D eigenvalue weighted by atomic mass is 9.86. The van der Waals surface area contributed by atoms with Gasteiger partial charge in [-0.25, -0.2) is 4.39 Å². The Morgan fingerprint density at radius 3 is 2.55 bits per heavy atom. The fourth-order valence-electron chi connectivity index (χ4n) is 3.32. The molecule has 2 rings (SSSR count). The first-order valence-corrected chi connectivity index (χ1v) is 7.78. The molecular formula is C17H27FN2. The number of nitrogens with one attached hydrogen (secondary N) is 1. The van der Waals surface area contributed by atoms with Gasteiger partial charge in [0.2, 0.25) is 0 Å². The highest BCUT2D eigenvalue weighted by molar-refractivity contribution is 5.45. The Balaban J connectivity index is 2.07. The number of nitrogens with two attached hydrogens (primary N) is 1. The lowest BCUT2D eigenvalue weighted by Crippen LogP contribution is -2.45. The summed E-state index contributed by atoms with van der Waals surface area (Å²) in [5.74, 6) is 1.35. The molecule has 1 aliphatic rings. The molecule has 2 atom stereocenters. The highest BCUT2D eigenvalue weighted by Gasteiger charge is 2.32. The first-order chi connectivity index (χ1) is 9.54. The zero-order valence-corrected chi connectivity index (χ0v) is 12.7. The van der Waals surface area contributed by atoms with Crippen molar-refractivity contribution in [3.05, 3.63) is 30.1 Å². The maximum Gasteiger partial charge on any atom is 0.123 e. The molecule has 3 heteroatoms. The molecule has 0 heterocycles. The Morgan fingerprint density at radius 1 is 1.25 bits per heavy atom. The van der Waals surface area contributed by atoms with Gasteiger partial charge in [-0.2, -0.15) is 0 Å². The third kappa shape index (κ3) is 3.72. The number of anilines is 1. The highest BCUT2D eigenvalue weighted by atomic mass is 19.1. The van der Waals surface area contributed by atoms with Gasteiger partial charge in [-0.3, -0.25) is 0 Å². The predicted octanol–water partition coefficient (Wildman–Crippen LogP) is 4.17. The summed E-state index contributed by atoms with van der Waals surface area (Å²) in [6, 6.07) is 6.61.